The van der Waals surface area contributed by atoms with Gasteiger partial charge in [0.15, 0.2) is 0 Å². The number of aromatic amines is 1. The summed E-state index contributed by atoms with van der Waals surface area (Å²) in [6, 6.07) is -0.661. The quantitative estimate of drug-likeness (QED) is 0.207. The lowest BCUT2D eigenvalue weighted by Gasteiger charge is -2.16. The molecular formula is C16H23N5O7. The number of rotatable bonds is 9. The maximum Gasteiger partial charge on any atom is 0.508 e. The summed E-state index contributed by atoms with van der Waals surface area (Å²) in [7, 11) is 0. The van der Waals surface area contributed by atoms with Crippen molar-refractivity contribution in [1.82, 2.24) is 9.55 Å². The van der Waals surface area contributed by atoms with Gasteiger partial charge in [0.25, 0.3) is 5.56 Å². The standard InChI is InChI=1S/C16H23N5O7/c1-10-8-21(15(24)18-14(10)23)13-7-11(19-20-17)12(28-13)9-27-16(25)26-6-4-2-3-5-22/h8,11-13,22H,2-7,9H2,1H3,(H,18,23,24)/t11-,12+,13+/m0/s1. The molecule has 1 aliphatic rings. The molecule has 2 heterocycles. The number of ether oxygens (including phenoxy) is 3. The highest BCUT2D eigenvalue weighted by molar-refractivity contribution is 5.59. The molecule has 0 aliphatic carbocycles. The first-order valence-corrected chi connectivity index (χ1v) is 8.88. The van der Waals surface area contributed by atoms with Crippen LogP contribution in [0.15, 0.2) is 20.9 Å². The number of aromatic nitrogens is 2. The molecule has 1 aliphatic heterocycles. The van der Waals surface area contributed by atoms with Gasteiger partial charge in [-0.15, -0.1) is 0 Å². The minimum atomic E-state index is -0.882. The van der Waals surface area contributed by atoms with Gasteiger partial charge in [-0.05, 0) is 31.7 Å². The summed E-state index contributed by atoms with van der Waals surface area (Å²) in [4.78, 5) is 40.1. The molecule has 1 fully saturated rings. The van der Waals surface area contributed by atoms with Crippen LogP contribution < -0.4 is 11.2 Å². The minimum absolute atomic E-state index is 0.0867. The monoisotopic (exact) mass is 397 g/mol. The molecule has 12 nitrogen and oxygen atoms in total. The lowest BCUT2D eigenvalue weighted by atomic mass is 10.1. The van der Waals surface area contributed by atoms with Gasteiger partial charge in [-0.3, -0.25) is 14.3 Å². The van der Waals surface area contributed by atoms with Gasteiger partial charge in [0.1, 0.15) is 18.9 Å². The number of nitrogens with one attached hydrogen (secondary N) is 1. The third kappa shape index (κ3) is 5.84. The normalized spacial score (nSPS) is 21.1. The minimum Gasteiger partial charge on any atom is -0.434 e. The number of aliphatic hydroxyl groups is 1. The van der Waals surface area contributed by atoms with Crippen LogP contribution in [0.2, 0.25) is 0 Å². The molecule has 1 aromatic heterocycles. The summed E-state index contributed by atoms with van der Waals surface area (Å²) in [6.07, 6.45) is 1.09. The van der Waals surface area contributed by atoms with Crippen LogP contribution in [0.5, 0.6) is 0 Å². The number of azide groups is 1. The zero-order valence-electron chi connectivity index (χ0n) is 15.4. The van der Waals surface area contributed by atoms with Gasteiger partial charge in [0, 0.05) is 29.7 Å². The Morgan fingerprint density at radius 2 is 2.21 bits per heavy atom. The molecule has 0 bridgehead atoms. The summed E-state index contributed by atoms with van der Waals surface area (Å²) in [6.45, 7) is 1.58. The highest BCUT2D eigenvalue weighted by atomic mass is 16.7. The fourth-order valence-corrected chi connectivity index (χ4v) is 2.76. The smallest absolute Gasteiger partial charge is 0.434 e. The lowest BCUT2D eigenvalue weighted by Crippen LogP contribution is -2.33. The van der Waals surface area contributed by atoms with Crippen LogP contribution in [0.1, 0.15) is 37.5 Å². The highest BCUT2D eigenvalue weighted by Gasteiger charge is 2.37. The Morgan fingerprint density at radius 3 is 2.93 bits per heavy atom. The lowest BCUT2D eigenvalue weighted by molar-refractivity contribution is -0.0423. The number of carbonyl (C=O) groups excluding carboxylic acids is 1. The second-order valence-electron chi connectivity index (χ2n) is 6.31. The summed E-state index contributed by atoms with van der Waals surface area (Å²) in [5.41, 5.74) is 7.92. The second-order valence-corrected chi connectivity index (χ2v) is 6.31. The highest BCUT2D eigenvalue weighted by Crippen LogP contribution is 2.30. The molecule has 0 aromatic carbocycles. The van der Waals surface area contributed by atoms with E-state index in [-0.39, 0.29) is 26.2 Å². The molecule has 28 heavy (non-hydrogen) atoms. The van der Waals surface area contributed by atoms with Crippen LogP contribution in [-0.4, -0.2) is 52.8 Å². The fraction of sp³-hybridized carbons (Fsp3) is 0.688. The van der Waals surface area contributed by atoms with E-state index in [1.165, 1.54) is 10.8 Å². The Kier molecular flexibility index (Phi) is 8.05. The van der Waals surface area contributed by atoms with Crippen LogP contribution in [0.25, 0.3) is 10.4 Å². The van der Waals surface area contributed by atoms with Crippen molar-refractivity contribution in [2.45, 2.75) is 51.0 Å². The molecule has 2 rings (SSSR count). The molecule has 0 amide bonds. The molecule has 154 valence electrons. The van der Waals surface area contributed by atoms with E-state index >= 15 is 0 Å². The van der Waals surface area contributed by atoms with Crippen molar-refractivity contribution in [3.8, 4) is 0 Å². The number of hydrogen-bond acceptors (Lipinski definition) is 8. The molecular weight excluding hydrogens is 374 g/mol. The van der Waals surface area contributed by atoms with Gasteiger partial charge >= 0.3 is 11.8 Å². The van der Waals surface area contributed by atoms with E-state index in [1.807, 2.05) is 0 Å². The second kappa shape index (κ2) is 10.5. The first kappa shape index (κ1) is 21.5. The predicted octanol–water partition coefficient (Wildman–Crippen LogP) is 1.13. The number of nitrogens with zero attached hydrogens (tertiary/aromatic N) is 4. The topological polar surface area (TPSA) is 169 Å². The summed E-state index contributed by atoms with van der Waals surface area (Å²) < 4.78 is 16.8. The van der Waals surface area contributed by atoms with E-state index in [2.05, 4.69) is 15.0 Å². The van der Waals surface area contributed by atoms with Gasteiger partial charge in [0.05, 0.1) is 12.6 Å². The molecule has 0 spiro atoms. The molecule has 12 heteroatoms. The van der Waals surface area contributed by atoms with Gasteiger partial charge in [-0.1, -0.05) is 5.11 Å². The molecule has 3 atom stereocenters. The Labute approximate surface area is 159 Å². The molecule has 0 radical (unpaired) electrons. The van der Waals surface area contributed by atoms with Crippen molar-refractivity contribution in [1.29, 1.82) is 0 Å². The maximum absolute atomic E-state index is 12.0. The van der Waals surface area contributed by atoms with E-state index in [0.29, 0.717) is 18.4 Å². The zero-order chi connectivity index (χ0) is 20.5. The Balaban J connectivity index is 1.94. The van der Waals surface area contributed by atoms with Gasteiger partial charge in [0.2, 0.25) is 0 Å². The molecule has 0 unspecified atom stereocenters. The molecule has 1 aromatic rings. The van der Waals surface area contributed by atoms with Gasteiger partial charge in [-0.25, -0.2) is 9.59 Å². The number of carbonyl (C=O) groups is 1. The Bertz CT molecular complexity index is 829. The number of hydrogen-bond donors (Lipinski definition) is 2. The van der Waals surface area contributed by atoms with Crippen molar-refractivity contribution in [3.63, 3.8) is 0 Å². The predicted molar refractivity (Wildman–Crippen MR) is 95.8 cm³/mol. The average molecular weight is 397 g/mol. The number of aryl methyl sites for hydroxylation is 1. The summed E-state index contributed by atoms with van der Waals surface area (Å²) in [5, 5.41) is 12.3. The van der Waals surface area contributed by atoms with Crippen molar-refractivity contribution in [3.05, 3.63) is 43.0 Å². The SMILES string of the molecule is Cc1cn([C@H]2C[C@H](N=[N+]=[N-])[C@@H](COC(=O)OCCCCCO)O2)c(=O)[nH]c1=O. The largest absolute Gasteiger partial charge is 0.508 e. The van der Waals surface area contributed by atoms with Crippen molar-refractivity contribution >= 4 is 6.16 Å². The first-order valence-electron chi connectivity index (χ1n) is 8.88. The molecule has 2 N–H and O–H groups in total. The van der Waals surface area contributed by atoms with Crippen LogP contribution in [-0.2, 0) is 14.2 Å². The number of aliphatic hydroxyl groups excluding tert-OH is 1. The summed E-state index contributed by atoms with van der Waals surface area (Å²) >= 11 is 0. The maximum atomic E-state index is 12.0. The number of H-pyrrole nitrogens is 1. The van der Waals surface area contributed by atoms with Crippen LogP contribution in [0.3, 0.4) is 0 Å². The van der Waals surface area contributed by atoms with E-state index in [9.17, 15) is 14.4 Å². The third-order valence-corrected chi connectivity index (χ3v) is 4.25. The van der Waals surface area contributed by atoms with Gasteiger partial charge in [-0.2, -0.15) is 0 Å². The fourth-order valence-electron chi connectivity index (χ4n) is 2.76. The van der Waals surface area contributed by atoms with E-state index in [0.717, 1.165) is 6.42 Å². The Hall–Kier alpha value is -2.82. The molecule has 0 saturated carbocycles. The van der Waals surface area contributed by atoms with Crippen molar-refractivity contribution in [2.75, 3.05) is 19.8 Å². The summed E-state index contributed by atoms with van der Waals surface area (Å²) in [5.74, 6) is 0. The third-order valence-electron chi connectivity index (χ3n) is 4.25. The molecule has 1 saturated heterocycles. The number of unbranched alkanes of at least 4 members (excludes halogenated alkanes) is 2. The van der Waals surface area contributed by atoms with E-state index < -0.39 is 35.8 Å². The Morgan fingerprint density at radius 1 is 1.43 bits per heavy atom. The van der Waals surface area contributed by atoms with Crippen LogP contribution >= 0.6 is 0 Å². The van der Waals surface area contributed by atoms with E-state index in [1.54, 1.807) is 6.92 Å². The van der Waals surface area contributed by atoms with E-state index in [4.69, 9.17) is 24.8 Å². The van der Waals surface area contributed by atoms with Crippen LogP contribution in [0.4, 0.5) is 4.79 Å². The first-order chi connectivity index (χ1) is 13.5. The van der Waals surface area contributed by atoms with Crippen molar-refractivity contribution < 1.29 is 24.1 Å². The average Bonchev–Trinajstić information content (AvgIpc) is 3.06. The van der Waals surface area contributed by atoms with Crippen molar-refractivity contribution in [2.24, 2.45) is 5.11 Å². The van der Waals surface area contributed by atoms with Gasteiger partial charge < -0.3 is 19.3 Å². The zero-order valence-corrected chi connectivity index (χ0v) is 15.4. The van der Waals surface area contributed by atoms with Crippen LogP contribution in [0, 0.1) is 6.92 Å².